The molecule has 0 N–H and O–H groups in total. The predicted molar refractivity (Wildman–Crippen MR) is 124 cm³/mol. The van der Waals surface area contributed by atoms with E-state index in [9.17, 15) is 24.0 Å². The monoisotopic (exact) mass is 490 g/mol. The molecule has 0 aromatic heterocycles. The van der Waals surface area contributed by atoms with Crippen LogP contribution in [0.15, 0.2) is 24.3 Å². The number of hydrogen-bond acceptors (Lipinski definition) is 8. The molecule has 2 saturated heterocycles. The molecule has 2 fully saturated rings. The molecule has 0 aliphatic carbocycles. The summed E-state index contributed by atoms with van der Waals surface area (Å²) in [6, 6.07) is 5.88. The van der Waals surface area contributed by atoms with E-state index >= 15 is 0 Å². The Bertz CT molecular complexity index is 985. The topological polar surface area (TPSA) is 108 Å². The number of nitrogens with zero attached hydrogens (tertiary/aromatic N) is 4. The molecule has 33 heavy (non-hydrogen) atoms. The zero-order chi connectivity index (χ0) is 24.8. The van der Waals surface area contributed by atoms with E-state index in [1.807, 2.05) is 0 Å². The highest BCUT2D eigenvalue weighted by molar-refractivity contribution is 7.80. The minimum Gasteiger partial charge on any atom is -0.465 e. The Morgan fingerprint density at radius 1 is 0.758 bits per heavy atom. The van der Waals surface area contributed by atoms with Crippen molar-refractivity contribution >= 4 is 64.3 Å². The first kappa shape index (κ1) is 24.4. The quantitative estimate of drug-likeness (QED) is 0.335. The molecule has 2 aliphatic heterocycles. The summed E-state index contributed by atoms with van der Waals surface area (Å²) in [7, 11) is 6.94. The minimum atomic E-state index is -1.40. The average Bonchev–Trinajstić information content (AvgIpc) is 2.82. The number of carbonyl (C=O) groups is 5. The number of esters is 1. The van der Waals surface area contributed by atoms with Crippen LogP contribution >= 0.6 is 24.4 Å². The van der Waals surface area contributed by atoms with Gasteiger partial charge in [-0.15, -0.1) is 0 Å². The van der Waals surface area contributed by atoms with Crippen LogP contribution in [-0.2, 0) is 23.9 Å². The first-order chi connectivity index (χ1) is 15.4. The molecule has 2 heterocycles. The second kappa shape index (κ2) is 8.94. The van der Waals surface area contributed by atoms with E-state index in [4.69, 9.17) is 29.2 Å². The number of carbonyl (C=O) groups excluding carboxylic acids is 5. The Balaban J connectivity index is 2.20. The van der Waals surface area contributed by atoms with Crippen molar-refractivity contribution in [2.75, 3.05) is 35.3 Å². The third-order valence-electron chi connectivity index (χ3n) is 5.97. The molecule has 0 saturated carbocycles. The van der Waals surface area contributed by atoms with Crippen LogP contribution in [0.1, 0.15) is 21.8 Å². The first-order valence-electron chi connectivity index (χ1n) is 9.80. The number of methoxy groups -OCH3 is 1. The summed E-state index contributed by atoms with van der Waals surface area (Å²) < 4.78 is 4.71. The van der Waals surface area contributed by atoms with Crippen molar-refractivity contribution in [2.45, 2.75) is 5.92 Å². The first-order valence-corrected chi connectivity index (χ1v) is 10.6. The second-order valence-electron chi connectivity index (χ2n) is 7.75. The van der Waals surface area contributed by atoms with Gasteiger partial charge in [0.1, 0.15) is 11.8 Å². The van der Waals surface area contributed by atoms with Crippen molar-refractivity contribution in [1.29, 1.82) is 0 Å². The molecule has 10 nitrogen and oxygen atoms in total. The van der Waals surface area contributed by atoms with Crippen LogP contribution in [0.5, 0.6) is 0 Å². The van der Waals surface area contributed by atoms with Gasteiger partial charge >= 0.3 is 5.97 Å². The zero-order valence-electron chi connectivity index (χ0n) is 18.6. The Morgan fingerprint density at radius 2 is 1.09 bits per heavy atom. The molecule has 174 valence electrons. The molecule has 1 aromatic carbocycles. The van der Waals surface area contributed by atoms with Gasteiger partial charge in [-0.2, -0.15) is 0 Å². The number of ether oxygens (including phenoxy) is 1. The number of hydrogen-bond donors (Lipinski definition) is 0. The summed E-state index contributed by atoms with van der Waals surface area (Å²) in [5.41, 5.74) is 0.582. The molecular weight excluding hydrogens is 468 g/mol. The highest BCUT2D eigenvalue weighted by Crippen LogP contribution is 2.40. The van der Waals surface area contributed by atoms with Gasteiger partial charge in [-0.3, -0.25) is 38.8 Å². The van der Waals surface area contributed by atoms with Crippen LogP contribution in [0.3, 0.4) is 0 Å². The Hall–Kier alpha value is -3.25. The Kier molecular flexibility index (Phi) is 6.61. The van der Waals surface area contributed by atoms with Gasteiger partial charge in [-0.05, 0) is 42.1 Å². The molecule has 0 spiro atoms. The van der Waals surface area contributed by atoms with Crippen LogP contribution in [0.4, 0.5) is 0 Å². The van der Waals surface area contributed by atoms with Crippen molar-refractivity contribution < 1.29 is 28.7 Å². The fraction of sp³-hybridized carbons (Fsp3) is 0.381. The Morgan fingerprint density at radius 3 is 1.39 bits per heavy atom. The summed E-state index contributed by atoms with van der Waals surface area (Å²) in [5.74, 6) is -7.09. The van der Waals surface area contributed by atoms with Crippen molar-refractivity contribution in [3.05, 3.63) is 35.4 Å². The molecule has 0 bridgehead atoms. The van der Waals surface area contributed by atoms with E-state index in [1.165, 1.54) is 59.6 Å². The summed E-state index contributed by atoms with van der Waals surface area (Å²) in [4.78, 5) is 69.5. The molecular formula is C21H22N4O6S2. The van der Waals surface area contributed by atoms with Crippen LogP contribution in [-0.4, -0.2) is 94.7 Å². The summed E-state index contributed by atoms with van der Waals surface area (Å²) >= 11 is 10.3. The summed E-state index contributed by atoms with van der Waals surface area (Å²) in [5, 5.41) is 0.0236. The molecule has 3 rings (SSSR count). The smallest absolute Gasteiger partial charge is 0.337 e. The van der Waals surface area contributed by atoms with Crippen LogP contribution in [0.2, 0.25) is 0 Å². The average molecular weight is 491 g/mol. The third kappa shape index (κ3) is 3.89. The minimum absolute atomic E-state index is 0.0118. The number of thiocarbonyl (C=S) groups is 2. The fourth-order valence-electron chi connectivity index (χ4n) is 4.02. The second-order valence-corrected chi connectivity index (χ2v) is 8.48. The van der Waals surface area contributed by atoms with E-state index in [1.54, 1.807) is 0 Å². The SMILES string of the molecule is COC(=O)c1ccc(C(C2C(=O)N(C)C(=S)N(C)C2=O)C2C(=O)N(C)C(=S)N(C)C2=O)cc1. The third-order valence-corrected chi connectivity index (χ3v) is 7.06. The lowest BCUT2D eigenvalue weighted by Gasteiger charge is -2.43. The van der Waals surface area contributed by atoms with Crippen LogP contribution < -0.4 is 0 Å². The van der Waals surface area contributed by atoms with Gasteiger partial charge in [0.05, 0.1) is 12.7 Å². The maximum atomic E-state index is 13.3. The molecule has 0 radical (unpaired) electrons. The lowest BCUT2D eigenvalue weighted by molar-refractivity contribution is -0.152. The van der Waals surface area contributed by atoms with E-state index in [0.29, 0.717) is 5.56 Å². The van der Waals surface area contributed by atoms with E-state index < -0.39 is 47.4 Å². The van der Waals surface area contributed by atoms with Gasteiger partial charge in [-0.1, -0.05) is 12.1 Å². The van der Waals surface area contributed by atoms with Crippen molar-refractivity contribution in [3.8, 4) is 0 Å². The van der Waals surface area contributed by atoms with Gasteiger partial charge in [0, 0.05) is 34.1 Å². The molecule has 1 aromatic rings. The maximum Gasteiger partial charge on any atom is 0.337 e. The molecule has 4 amide bonds. The lowest BCUT2D eigenvalue weighted by atomic mass is 9.73. The zero-order valence-corrected chi connectivity index (χ0v) is 20.2. The predicted octanol–water partition coefficient (Wildman–Crippen LogP) is 0.220. The van der Waals surface area contributed by atoms with Gasteiger partial charge in [0.2, 0.25) is 23.6 Å². The fourth-order valence-corrected chi connectivity index (χ4v) is 4.38. The number of rotatable bonds is 4. The molecule has 0 unspecified atom stereocenters. The van der Waals surface area contributed by atoms with E-state index in [2.05, 4.69) is 0 Å². The lowest BCUT2D eigenvalue weighted by Crippen LogP contribution is -2.63. The Labute approximate surface area is 201 Å². The molecule has 2 aliphatic rings. The van der Waals surface area contributed by atoms with Crippen molar-refractivity contribution in [2.24, 2.45) is 11.8 Å². The highest BCUT2D eigenvalue weighted by Gasteiger charge is 2.54. The summed E-state index contributed by atoms with van der Waals surface area (Å²) in [6.45, 7) is 0. The number of benzene rings is 1. The van der Waals surface area contributed by atoms with Gasteiger partial charge in [0.15, 0.2) is 10.2 Å². The molecule has 12 heteroatoms. The maximum absolute atomic E-state index is 13.3. The summed E-state index contributed by atoms with van der Waals surface area (Å²) in [6.07, 6.45) is 0. The van der Waals surface area contributed by atoms with E-state index in [0.717, 1.165) is 19.6 Å². The van der Waals surface area contributed by atoms with Crippen molar-refractivity contribution in [3.63, 3.8) is 0 Å². The molecule has 0 atom stereocenters. The number of amides is 4. The van der Waals surface area contributed by atoms with Crippen LogP contribution in [0, 0.1) is 11.8 Å². The van der Waals surface area contributed by atoms with Gasteiger partial charge in [0.25, 0.3) is 0 Å². The normalized spacial score (nSPS) is 18.7. The van der Waals surface area contributed by atoms with Gasteiger partial charge in [-0.25, -0.2) is 4.79 Å². The van der Waals surface area contributed by atoms with E-state index in [-0.39, 0.29) is 15.8 Å². The van der Waals surface area contributed by atoms with Gasteiger partial charge < -0.3 is 4.74 Å². The van der Waals surface area contributed by atoms with Crippen LogP contribution in [0.25, 0.3) is 0 Å². The standard InChI is InChI=1S/C21H22N4O6S2/c1-22-15(26)13(16(27)23(2)20(22)32)12(10-6-8-11(9-7-10)19(30)31-5)14-17(28)24(3)21(33)25(4)18(14)29/h6-9,12-14H,1-5H3. The largest absolute Gasteiger partial charge is 0.465 e. The highest BCUT2D eigenvalue weighted by atomic mass is 32.1. The van der Waals surface area contributed by atoms with Crippen molar-refractivity contribution in [1.82, 2.24) is 19.6 Å².